The van der Waals surface area contributed by atoms with E-state index in [1.165, 1.54) is 0 Å². The molecule has 1 amide bonds. The number of amides is 1. The van der Waals surface area contributed by atoms with Crippen molar-refractivity contribution >= 4 is 36.4 Å². The standard InChI is InChI=1S/C16H27N3O.2ClH/c1-11(2)8-14(10-19(4)5)18-16(20)15-9-13(17)7-6-12(15)3;;/h6-7,9,11,14H,8,10,17H2,1-5H3,(H,18,20);2*1H. The first-order valence-corrected chi connectivity index (χ1v) is 7.11. The van der Waals surface area contributed by atoms with Gasteiger partial charge in [-0.05, 0) is 51.1 Å². The molecule has 1 aromatic rings. The number of anilines is 1. The van der Waals surface area contributed by atoms with E-state index in [0.29, 0.717) is 17.2 Å². The molecule has 0 saturated carbocycles. The van der Waals surface area contributed by atoms with Gasteiger partial charge in [0.25, 0.3) is 5.91 Å². The maximum absolute atomic E-state index is 12.4. The Labute approximate surface area is 146 Å². The van der Waals surface area contributed by atoms with Gasteiger partial charge in [0.05, 0.1) is 0 Å². The van der Waals surface area contributed by atoms with E-state index in [0.717, 1.165) is 18.5 Å². The zero-order chi connectivity index (χ0) is 15.3. The molecule has 0 radical (unpaired) electrons. The molecule has 128 valence electrons. The van der Waals surface area contributed by atoms with Crippen molar-refractivity contribution < 1.29 is 4.79 Å². The summed E-state index contributed by atoms with van der Waals surface area (Å²) in [5.41, 5.74) is 8.00. The van der Waals surface area contributed by atoms with Crippen LogP contribution in [0, 0.1) is 12.8 Å². The molecular weight excluding hydrogens is 321 g/mol. The zero-order valence-corrected chi connectivity index (χ0v) is 15.7. The van der Waals surface area contributed by atoms with Crippen LogP contribution >= 0.6 is 24.8 Å². The van der Waals surface area contributed by atoms with Gasteiger partial charge in [-0.15, -0.1) is 24.8 Å². The molecule has 6 heteroatoms. The first-order valence-electron chi connectivity index (χ1n) is 7.11. The van der Waals surface area contributed by atoms with E-state index in [1.807, 2.05) is 33.2 Å². The van der Waals surface area contributed by atoms with Crippen molar-refractivity contribution in [3.63, 3.8) is 0 Å². The minimum absolute atomic E-state index is 0. The van der Waals surface area contributed by atoms with Crippen molar-refractivity contribution in [2.45, 2.75) is 33.2 Å². The molecule has 0 aliphatic rings. The fraction of sp³-hybridized carbons (Fsp3) is 0.562. The van der Waals surface area contributed by atoms with Crippen LogP contribution < -0.4 is 11.1 Å². The summed E-state index contributed by atoms with van der Waals surface area (Å²) in [4.78, 5) is 14.5. The fourth-order valence-corrected chi connectivity index (χ4v) is 2.34. The van der Waals surface area contributed by atoms with E-state index in [2.05, 4.69) is 24.1 Å². The van der Waals surface area contributed by atoms with Gasteiger partial charge in [0.2, 0.25) is 0 Å². The number of likely N-dealkylation sites (N-methyl/N-ethyl adjacent to an activating group) is 1. The molecule has 0 spiro atoms. The molecule has 0 aliphatic heterocycles. The molecule has 1 aromatic carbocycles. The van der Waals surface area contributed by atoms with E-state index in [-0.39, 0.29) is 36.8 Å². The molecule has 0 saturated heterocycles. The summed E-state index contributed by atoms with van der Waals surface area (Å²) < 4.78 is 0. The number of aryl methyl sites for hydroxylation is 1. The van der Waals surface area contributed by atoms with Crippen molar-refractivity contribution in [3.05, 3.63) is 29.3 Å². The quantitative estimate of drug-likeness (QED) is 0.775. The molecule has 0 aliphatic carbocycles. The second-order valence-corrected chi connectivity index (χ2v) is 6.14. The first kappa shape index (κ1) is 23.3. The Balaban J connectivity index is 0. The molecule has 1 atom stereocenters. The number of halogens is 2. The molecule has 3 N–H and O–H groups in total. The van der Waals surface area contributed by atoms with E-state index in [4.69, 9.17) is 5.73 Å². The van der Waals surface area contributed by atoms with Gasteiger partial charge in [-0.2, -0.15) is 0 Å². The number of hydrogen-bond acceptors (Lipinski definition) is 3. The van der Waals surface area contributed by atoms with Crippen LogP contribution in [0.2, 0.25) is 0 Å². The number of nitrogen functional groups attached to an aromatic ring is 1. The van der Waals surface area contributed by atoms with E-state index >= 15 is 0 Å². The predicted octanol–water partition coefficient (Wildman–Crippen LogP) is 3.13. The lowest BCUT2D eigenvalue weighted by molar-refractivity contribution is 0.0924. The van der Waals surface area contributed by atoms with Crippen molar-refractivity contribution in [2.75, 3.05) is 26.4 Å². The third-order valence-corrected chi connectivity index (χ3v) is 3.18. The minimum Gasteiger partial charge on any atom is -0.399 e. The van der Waals surface area contributed by atoms with Crippen molar-refractivity contribution in [1.29, 1.82) is 0 Å². The number of rotatable bonds is 6. The average Bonchev–Trinajstić information content (AvgIpc) is 2.30. The van der Waals surface area contributed by atoms with Gasteiger partial charge in [0, 0.05) is 23.8 Å². The molecule has 22 heavy (non-hydrogen) atoms. The average molecular weight is 350 g/mol. The second-order valence-electron chi connectivity index (χ2n) is 6.14. The summed E-state index contributed by atoms with van der Waals surface area (Å²) in [6.45, 7) is 7.10. The Morgan fingerprint density at radius 1 is 1.27 bits per heavy atom. The molecule has 4 nitrogen and oxygen atoms in total. The number of nitrogens with two attached hydrogens (primary N) is 1. The number of carbonyl (C=O) groups excluding carboxylic acids is 1. The van der Waals surface area contributed by atoms with Crippen molar-refractivity contribution in [2.24, 2.45) is 5.92 Å². The normalized spacial score (nSPS) is 11.6. The van der Waals surface area contributed by atoms with Crippen LogP contribution in [0.5, 0.6) is 0 Å². The lowest BCUT2D eigenvalue weighted by atomic mass is 10.0. The van der Waals surface area contributed by atoms with Gasteiger partial charge in [0.1, 0.15) is 0 Å². The Morgan fingerprint density at radius 2 is 1.86 bits per heavy atom. The summed E-state index contributed by atoms with van der Waals surface area (Å²) in [6, 6.07) is 5.59. The predicted molar refractivity (Wildman–Crippen MR) is 99.4 cm³/mol. The van der Waals surface area contributed by atoms with Crippen LogP contribution in [0.1, 0.15) is 36.2 Å². The smallest absolute Gasteiger partial charge is 0.251 e. The van der Waals surface area contributed by atoms with Gasteiger partial charge >= 0.3 is 0 Å². The third kappa shape index (κ3) is 7.87. The highest BCUT2D eigenvalue weighted by Crippen LogP contribution is 2.14. The third-order valence-electron chi connectivity index (χ3n) is 3.18. The van der Waals surface area contributed by atoms with Crippen LogP contribution in [0.15, 0.2) is 18.2 Å². The fourth-order valence-electron chi connectivity index (χ4n) is 2.34. The number of benzene rings is 1. The summed E-state index contributed by atoms with van der Waals surface area (Å²) in [5.74, 6) is 0.504. The first-order chi connectivity index (χ1) is 9.29. The number of nitrogens with zero attached hydrogens (tertiary/aromatic N) is 1. The Hall–Kier alpha value is -0.970. The Bertz CT molecular complexity index is 455. The Kier molecular flexibility index (Phi) is 11.3. The van der Waals surface area contributed by atoms with Crippen molar-refractivity contribution in [1.82, 2.24) is 10.2 Å². The SMILES string of the molecule is Cc1ccc(N)cc1C(=O)NC(CC(C)C)CN(C)C.Cl.Cl. The van der Waals surface area contributed by atoms with Crippen LogP contribution in [-0.2, 0) is 0 Å². The van der Waals surface area contributed by atoms with E-state index in [9.17, 15) is 4.79 Å². The monoisotopic (exact) mass is 349 g/mol. The topological polar surface area (TPSA) is 58.4 Å². The highest BCUT2D eigenvalue weighted by molar-refractivity contribution is 5.96. The van der Waals surface area contributed by atoms with Crippen LogP contribution in [-0.4, -0.2) is 37.5 Å². The van der Waals surface area contributed by atoms with Crippen LogP contribution in [0.4, 0.5) is 5.69 Å². The zero-order valence-electron chi connectivity index (χ0n) is 14.1. The van der Waals surface area contributed by atoms with Gasteiger partial charge in [-0.25, -0.2) is 0 Å². The summed E-state index contributed by atoms with van der Waals surface area (Å²) in [7, 11) is 4.04. The molecule has 0 fully saturated rings. The van der Waals surface area contributed by atoms with Gasteiger partial charge in [0.15, 0.2) is 0 Å². The molecule has 0 aromatic heterocycles. The van der Waals surface area contributed by atoms with E-state index < -0.39 is 0 Å². The summed E-state index contributed by atoms with van der Waals surface area (Å²) in [6.07, 6.45) is 0.964. The van der Waals surface area contributed by atoms with Gasteiger partial charge < -0.3 is 16.0 Å². The lowest BCUT2D eigenvalue weighted by Gasteiger charge is -2.24. The number of hydrogen-bond donors (Lipinski definition) is 2. The van der Waals surface area contributed by atoms with Crippen LogP contribution in [0.25, 0.3) is 0 Å². The Morgan fingerprint density at radius 3 is 2.36 bits per heavy atom. The molecule has 0 heterocycles. The number of carbonyl (C=O) groups is 1. The largest absolute Gasteiger partial charge is 0.399 e. The summed E-state index contributed by atoms with van der Waals surface area (Å²) in [5, 5.41) is 3.13. The molecule has 1 rings (SSSR count). The number of nitrogens with one attached hydrogen (secondary N) is 1. The molecule has 0 bridgehead atoms. The highest BCUT2D eigenvalue weighted by Gasteiger charge is 2.17. The lowest BCUT2D eigenvalue weighted by Crippen LogP contribution is -2.42. The molecule has 1 unspecified atom stereocenters. The minimum atomic E-state index is -0.0395. The van der Waals surface area contributed by atoms with E-state index in [1.54, 1.807) is 6.07 Å². The summed E-state index contributed by atoms with van der Waals surface area (Å²) >= 11 is 0. The molecular formula is C16H29Cl2N3O. The van der Waals surface area contributed by atoms with Crippen LogP contribution in [0.3, 0.4) is 0 Å². The highest BCUT2D eigenvalue weighted by atomic mass is 35.5. The maximum Gasteiger partial charge on any atom is 0.251 e. The maximum atomic E-state index is 12.4. The second kappa shape index (κ2) is 10.7. The van der Waals surface area contributed by atoms with Crippen molar-refractivity contribution in [3.8, 4) is 0 Å². The van der Waals surface area contributed by atoms with Gasteiger partial charge in [-0.3, -0.25) is 4.79 Å². The van der Waals surface area contributed by atoms with Gasteiger partial charge in [-0.1, -0.05) is 19.9 Å².